The number of anilines is 2. The van der Waals surface area contributed by atoms with Crippen molar-refractivity contribution in [2.24, 2.45) is 5.92 Å². The Morgan fingerprint density at radius 1 is 1.23 bits per heavy atom. The second kappa shape index (κ2) is 9.54. The zero-order valence-electron chi connectivity index (χ0n) is 17.9. The SMILES string of the molecule is CC(C)CC1CN(C2CCN(c3n[nH]c(N)n3)CC2)[C@@H](Cc2ccc(Cl)cc2)CO1. The molecule has 1 unspecified atom stereocenters. The number of halogens is 1. The number of nitrogens with one attached hydrogen (secondary N) is 1. The quantitative estimate of drug-likeness (QED) is 0.728. The van der Waals surface area contributed by atoms with Gasteiger partial charge in [-0.15, -0.1) is 5.10 Å². The van der Waals surface area contributed by atoms with E-state index in [-0.39, 0.29) is 0 Å². The number of hydrogen-bond donors (Lipinski definition) is 2. The molecule has 1 aromatic heterocycles. The highest BCUT2D eigenvalue weighted by Crippen LogP contribution is 2.28. The van der Waals surface area contributed by atoms with Crippen LogP contribution in [0.4, 0.5) is 11.9 Å². The van der Waals surface area contributed by atoms with Gasteiger partial charge in [-0.25, -0.2) is 5.10 Å². The number of rotatable bonds is 6. The molecule has 0 radical (unpaired) electrons. The maximum atomic E-state index is 6.30. The highest BCUT2D eigenvalue weighted by atomic mass is 35.5. The molecule has 1 aromatic carbocycles. The van der Waals surface area contributed by atoms with Gasteiger partial charge >= 0.3 is 0 Å². The standard InChI is InChI=1S/C22H33ClN6O/c1-15(2)11-20-13-29(19(14-30-20)12-16-3-5-17(23)6-4-16)18-7-9-28(10-8-18)22-25-21(24)26-27-22/h3-6,15,18-20H,7-14H2,1-2H3,(H3,24,25,26,27)/t19-,20?/m0/s1. The monoisotopic (exact) mass is 432 g/mol. The molecule has 3 N–H and O–H groups in total. The summed E-state index contributed by atoms with van der Waals surface area (Å²) in [5.74, 6) is 1.73. The lowest BCUT2D eigenvalue weighted by Crippen LogP contribution is -2.57. The highest BCUT2D eigenvalue weighted by Gasteiger charge is 2.36. The number of nitrogens with zero attached hydrogens (tertiary/aromatic N) is 4. The fourth-order valence-corrected chi connectivity index (χ4v) is 4.89. The molecule has 3 heterocycles. The smallest absolute Gasteiger partial charge is 0.246 e. The molecule has 2 atom stereocenters. The Balaban J connectivity index is 1.43. The molecule has 2 aliphatic rings. The number of piperidine rings is 1. The van der Waals surface area contributed by atoms with E-state index in [1.54, 1.807) is 0 Å². The molecule has 0 saturated carbocycles. The van der Waals surface area contributed by atoms with Gasteiger partial charge in [0.25, 0.3) is 0 Å². The molecule has 0 amide bonds. The van der Waals surface area contributed by atoms with Gasteiger partial charge in [-0.05, 0) is 49.3 Å². The summed E-state index contributed by atoms with van der Waals surface area (Å²) in [6.07, 6.45) is 4.61. The predicted molar refractivity (Wildman–Crippen MR) is 121 cm³/mol. The van der Waals surface area contributed by atoms with E-state index >= 15 is 0 Å². The van der Waals surface area contributed by atoms with Gasteiger partial charge in [0, 0.05) is 36.7 Å². The Labute approximate surface area is 183 Å². The van der Waals surface area contributed by atoms with Crippen LogP contribution in [0.5, 0.6) is 0 Å². The van der Waals surface area contributed by atoms with Gasteiger partial charge in [0.15, 0.2) is 0 Å². The number of benzene rings is 1. The van der Waals surface area contributed by atoms with E-state index in [1.807, 2.05) is 12.1 Å². The minimum absolute atomic E-state index is 0.317. The number of morpholine rings is 1. The Bertz CT molecular complexity index is 802. The molecule has 0 aliphatic carbocycles. The second-order valence-corrected chi connectivity index (χ2v) is 9.44. The molecular formula is C22H33ClN6O. The van der Waals surface area contributed by atoms with Gasteiger partial charge in [0.2, 0.25) is 11.9 Å². The van der Waals surface area contributed by atoms with E-state index < -0.39 is 0 Å². The first-order valence-corrected chi connectivity index (χ1v) is 11.4. The van der Waals surface area contributed by atoms with Crippen LogP contribution in [0.2, 0.25) is 5.02 Å². The first-order valence-electron chi connectivity index (χ1n) is 11.0. The van der Waals surface area contributed by atoms with Crippen LogP contribution in [0.25, 0.3) is 0 Å². The summed E-state index contributed by atoms with van der Waals surface area (Å²) >= 11 is 6.08. The van der Waals surface area contributed by atoms with Crippen molar-refractivity contribution in [2.75, 3.05) is 36.9 Å². The third kappa shape index (κ3) is 5.25. The number of aromatic amines is 1. The normalized spacial score (nSPS) is 23.9. The maximum Gasteiger partial charge on any atom is 0.246 e. The summed E-state index contributed by atoms with van der Waals surface area (Å²) in [5, 5.41) is 7.75. The molecule has 164 valence electrons. The first-order chi connectivity index (χ1) is 14.5. The number of hydrogen-bond acceptors (Lipinski definition) is 6. The Hall–Kier alpha value is -1.83. The van der Waals surface area contributed by atoms with E-state index in [0.29, 0.717) is 36.0 Å². The minimum atomic E-state index is 0.317. The van der Waals surface area contributed by atoms with Crippen molar-refractivity contribution in [1.29, 1.82) is 0 Å². The van der Waals surface area contributed by atoms with E-state index in [2.05, 4.69) is 51.0 Å². The number of H-pyrrole nitrogens is 1. The van der Waals surface area contributed by atoms with Crippen LogP contribution in [0.15, 0.2) is 24.3 Å². The molecular weight excluding hydrogens is 400 g/mol. The van der Waals surface area contributed by atoms with Crippen LogP contribution >= 0.6 is 11.6 Å². The summed E-state index contributed by atoms with van der Waals surface area (Å²) in [7, 11) is 0. The van der Waals surface area contributed by atoms with E-state index in [1.165, 1.54) is 5.56 Å². The molecule has 8 heteroatoms. The fourth-order valence-electron chi connectivity index (χ4n) is 4.77. The van der Waals surface area contributed by atoms with Crippen molar-refractivity contribution in [1.82, 2.24) is 20.1 Å². The highest BCUT2D eigenvalue weighted by molar-refractivity contribution is 6.30. The van der Waals surface area contributed by atoms with Crippen LogP contribution in [-0.4, -0.2) is 64.5 Å². The van der Waals surface area contributed by atoms with Crippen molar-refractivity contribution >= 4 is 23.5 Å². The zero-order chi connectivity index (χ0) is 21.1. The number of aromatic nitrogens is 3. The van der Waals surface area contributed by atoms with Crippen molar-refractivity contribution in [3.8, 4) is 0 Å². The lowest BCUT2D eigenvalue weighted by Gasteiger charge is -2.47. The van der Waals surface area contributed by atoms with Crippen LogP contribution < -0.4 is 10.6 Å². The van der Waals surface area contributed by atoms with Crippen molar-refractivity contribution < 1.29 is 4.74 Å². The third-order valence-corrected chi connectivity index (χ3v) is 6.49. The van der Waals surface area contributed by atoms with Crippen LogP contribution in [0.1, 0.15) is 38.7 Å². The molecule has 7 nitrogen and oxygen atoms in total. The minimum Gasteiger partial charge on any atom is -0.375 e. The molecule has 4 rings (SSSR count). The molecule has 0 bridgehead atoms. The topological polar surface area (TPSA) is 83.3 Å². The lowest BCUT2D eigenvalue weighted by atomic mass is 9.94. The van der Waals surface area contributed by atoms with Crippen molar-refractivity contribution in [2.45, 2.75) is 57.7 Å². The Morgan fingerprint density at radius 2 is 1.97 bits per heavy atom. The van der Waals surface area contributed by atoms with E-state index in [0.717, 1.165) is 56.9 Å². The first kappa shape index (κ1) is 21.4. The van der Waals surface area contributed by atoms with Gasteiger partial charge in [0.05, 0.1) is 12.7 Å². The number of nitrogens with two attached hydrogens (primary N) is 1. The van der Waals surface area contributed by atoms with Gasteiger partial charge in [-0.1, -0.05) is 37.6 Å². The van der Waals surface area contributed by atoms with Gasteiger partial charge in [-0.2, -0.15) is 4.98 Å². The van der Waals surface area contributed by atoms with Gasteiger partial charge in [-0.3, -0.25) is 4.90 Å². The summed E-state index contributed by atoms with van der Waals surface area (Å²) in [6.45, 7) is 8.24. The Kier molecular flexibility index (Phi) is 6.80. The Morgan fingerprint density at radius 3 is 2.60 bits per heavy atom. The lowest BCUT2D eigenvalue weighted by molar-refractivity contribution is -0.0881. The molecule has 2 fully saturated rings. The molecule has 2 aromatic rings. The second-order valence-electron chi connectivity index (χ2n) is 9.00. The predicted octanol–water partition coefficient (Wildman–Crippen LogP) is 3.37. The molecule has 0 spiro atoms. The largest absolute Gasteiger partial charge is 0.375 e. The molecule has 30 heavy (non-hydrogen) atoms. The average Bonchev–Trinajstić information content (AvgIpc) is 3.17. The van der Waals surface area contributed by atoms with Gasteiger partial charge in [0.1, 0.15) is 0 Å². The number of ether oxygens (including phenoxy) is 1. The molecule has 2 saturated heterocycles. The van der Waals surface area contributed by atoms with E-state index in [4.69, 9.17) is 22.1 Å². The summed E-state index contributed by atoms with van der Waals surface area (Å²) < 4.78 is 6.30. The maximum absolute atomic E-state index is 6.30. The summed E-state index contributed by atoms with van der Waals surface area (Å²) in [6, 6.07) is 9.17. The third-order valence-electron chi connectivity index (χ3n) is 6.23. The van der Waals surface area contributed by atoms with Crippen molar-refractivity contribution in [3.05, 3.63) is 34.9 Å². The van der Waals surface area contributed by atoms with Crippen LogP contribution in [0.3, 0.4) is 0 Å². The number of nitrogen functional groups attached to an aromatic ring is 1. The van der Waals surface area contributed by atoms with Crippen LogP contribution in [0, 0.1) is 5.92 Å². The average molecular weight is 433 g/mol. The fraction of sp³-hybridized carbons (Fsp3) is 0.636. The van der Waals surface area contributed by atoms with Crippen molar-refractivity contribution in [3.63, 3.8) is 0 Å². The van der Waals surface area contributed by atoms with Crippen LogP contribution in [-0.2, 0) is 11.2 Å². The summed E-state index contributed by atoms with van der Waals surface area (Å²) in [5.41, 5.74) is 7.01. The summed E-state index contributed by atoms with van der Waals surface area (Å²) in [4.78, 5) is 9.23. The van der Waals surface area contributed by atoms with E-state index in [9.17, 15) is 0 Å². The zero-order valence-corrected chi connectivity index (χ0v) is 18.7. The van der Waals surface area contributed by atoms with Gasteiger partial charge < -0.3 is 15.4 Å². The molecule has 2 aliphatic heterocycles.